The molecule has 0 bridgehead atoms. The molecule has 0 amide bonds. The predicted molar refractivity (Wildman–Crippen MR) is 147 cm³/mol. The molecule has 1 heterocycles. The van der Waals surface area contributed by atoms with Crippen molar-refractivity contribution in [1.82, 2.24) is 0 Å². The van der Waals surface area contributed by atoms with E-state index in [2.05, 4.69) is 39.8 Å². The number of rotatable bonds is 20. The van der Waals surface area contributed by atoms with E-state index in [1.807, 2.05) is 18.2 Å². The second-order valence-corrected chi connectivity index (χ2v) is 10.6. The van der Waals surface area contributed by atoms with Gasteiger partial charge in [0.2, 0.25) is 0 Å². The van der Waals surface area contributed by atoms with Gasteiger partial charge in [0.05, 0.1) is 6.61 Å². The quantitative estimate of drug-likeness (QED) is 0.202. The zero-order valence-corrected chi connectivity index (χ0v) is 23.8. The monoisotopic (exact) mass is 526 g/mol. The van der Waals surface area contributed by atoms with Crippen molar-refractivity contribution in [3.05, 3.63) is 30.3 Å². The third kappa shape index (κ3) is 10.6. The SMILES string of the molecule is CCCCOC1[C@H](OCCCC)C([C@@H](CO)OCCCC)O[C@H](Sc2ccccc2)[C@@H]1OCCCC. The lowest BCUT2D eigenvalue weighted by molar-refractivity contribution is -0.262. The molecule has 1 aliphatic heterocycles. The first-order valence-electron chi connectivity index (χ1n) is 14.1. The van der Waals surface area contributed by atoms with Crippen molar-refractivity contribution in [3.8, 4) is 0 Å². The maximum absolute atomic E-state index is 10.3. The molecule has 0 spiro atoms. The van der Waals surface area contributed by atoms with Crippen LogP contribution in [0.5, 0.6) is 0 Å². The highest BCUT2D eigenvalue weighted by Crippen LogP contribution is 2.38. The van der Waals surface area contributed by atoms with Gasteiger partial charge in [-0.2, -0.15) is 0 Å². The van der Waals surface area contributed by atoms with Crippen LogP contribution in [0, 0.1) is 0 Å². The Kier molecular flexibility index (Phi) is 17.0. The van der Waals surface area contributed by atoms with Gasteiger partial charge in [0, 0.05) is 31.3 Å². The maximum atomic E-state index is 10.3. The van der Waals surface area contributed by atoms with Crippen molar-refractivity contribution in [2.45, 2.75) is 120 Å². The fourth-order valence-electron chi connectivity index (χ4n) is 4.14. The number of benzene rings is 1. The molecule has 1 aromatic carbocycles. The lowest BCUT2D eigenvalue weighted by atomic mass is 9.95. The molecule has 1 fully saturated rings. The number of thioether (sulfide) groups is 1. The first-order valence-corrected chi connectivity index (χ1v) is 15.0. The lowest BCUT2D eigenvalue weighted by Gasteiger charge is -2.47. The van der Waals surface area contributed by atoms with Crippen LogP contribution in [0.15, 0.2) is 35.2 Å². The molecule has 1 aliphatic rings. The zero-order chi connectivity index (χ0) is 26.0. The van der Waals surface area contributed by atoms with Gasteiger partial charge in [-0.1, -0.05) is 83.3 Å². The molecule has 2 rings (SSSR count). The fourth-order valence-corrected chi connectivity index (χ4v) is 5.27. The average molecular weight is 527 g/mol. The first kappa shape index (κ1) is 31.5. The molecule has 6 nitrogen and oxygen atoms in total. The number of hydrogen-bond donors (Lipinski definition) is 1. The Hall–Kier alpha value is -0.670. The van der Waals surface area contributed by atoms with Crippen LogP contribution in [0.4, 0.5) is 0 Å². The Balaban J connectivity index is 2.39. The summed E-state index contributed by atoms with van der Waals surface area (Å²) in [4.78, 5) is 1.11. The van der Waals surface area contributed by atoms with Gasteiger partial charge in [-0.15, -0.1) is 0 Å². The molecular formula is C29H50O6S. The van der Waals surface area contributed by atoms with Crippen LogP contribution in [0.25, 0.3) is 0 Å². The van der Waals surface area contributed by atoms with E-state index >= 15 is 0 Å². The van der Waals surface area contributed by atoms with Crippen LogP contribution < -0.4 is 0 Å². The lowest BCUT2D eigenvalue weighted by Crippen LogP contribution is -2.63. The van der Waals surface area contributed by atoms with Crippen LogP contribution in [-0.2, 0) is 23.7 Å². The van der Waals surface area contributed by atoms with E-state index in [-0.39, 0.29) is 30.4 Å². The van der Waals surface area contributed by atoms with Gasteiger partial charge in [-0.3, -0.25) is 0 Å². The number of aliphatic hydroxyl groups excluding tert-OH is 1. The summed E-state index contributed by atoms with van der Waals surface area (Å²) >= 11 is 1.64. The Labute approximate surface area is 223 Å². The second kappa shape index (κ2) is 19.4. The van der Waals surface area contributed by atoms with E-state index in [1.54, 1.807) is 11.8 Å². The van der Waals surface area contributed by atoms with Crippen LogP contribution >= 0.6 is 11.8 Å². The third-order valence-corrected chi connectivity index (χ3v) is 7.48. The van der Waals surface area contributed by atoms with Gasteiger partial charge < -0.3 is 28.8 Å². The molecule has 36 heavy (non-hydrogen) atoms. The normalized spacial score (nSPS) is 25.2. The molecule has 0 saturated carbocycles. The Morgan fingerprint density at radius 1 is 0.750 bits per heavy atom. The molecule has 1 N–H and O–H groups in total. The van der Waals surface area contributed by atoms with Gasteiger partial charge in [0.1, 0.15) is 36.0 Å². The molecule has 2 unspecified atom stereocenters. The van der Waals surface area contributed by atoms with Crippen LogP contribution in [0.1, 0.15) is 79.1 Å². The van der Waals surface area contributed by atoms with E-state index in [9.17, 15) is 5.11 Å². The summed E-state index contributed by atoms with van der Waals surface area (Å²) in [5.41, 5.74) is -0.310. The molecule has 1 aromatic rings. The number of ether oxygens (including phenoxy) is 5. The predicted octanol–water partition coefficient (Wildman–Crippen LogP) is 6.24. The van der Waals surface area contributed by atoms with E-state index in [4.69, 9.17) is 23.7 Å². The molecule has 0 aliphatic carbocycles. The minimum Gasteiger partial charge on any atom is -0.394 e. The highest BCUT2D eigenvalue weighted by molar-refractivity contribution is 7.99. The van der Waals surface area contributed by atoms with Crippen molar-refractivity contribution in [1.29, 1.82) is 0 Å². The van der Waals surface area contributed by atoms with Crippen molar-refractivity contribution in [2.75, 3.05) is 33.0 Å². The molecule has 208 valence electrons. The Morgan fingerprint density at radius 2 is 1.28 bits per heavy atom. The smallest absolute Gasteiger partial charge is 0.137 e. The molecule has 0 radical (unpaired) electrons. The van der Waals surface area contributed by atoms with Gasteiger partial charge in [-0.05, 0) is 37.8 Å². The molecule has 6 atom stereocenters. The van der Waals surface area contributed by atoms with Crippen molar-refractivity contribution in [2.24, 2.45) is 0 Å². The summed E-state index contributed by atoms with van der Waals surface area (Å²) in [6, 6.07) is 10.3. The summed E-state index contributed by atoms with van der Waals surface area (Å²) in [6.07, 6.45) is 6.08. The largest absolute Gasteiger partial charge is 0.394 e. The Bertz CT molecular complexity index is 648. The number of aliphatic hydroxyl groups is 1. The summed E-state index contributed by atoms with van der Waals surface area (Å²) < 4.78 is 32.4. The fraction of sp³-hybridized carbons (Fsp3) is 0.793. The number of hydrogen-bond acceptors (Lipinski definition) is 7. The topological polar surface area (TPSA) is 66.4 Å². The Morgan fingerprint density at radius 3 is 1.83 bits per heavy atom. The van der Waals surface area contributed by atoms with E-state index < -0.39 is 12.2 Å². The highest BCUT2D eigenvalue weighted by Gasteiger charge is 2.51. The van der Waals surface area contributed by atoms with Gasteiger partial charge in [-0.25, -0.2) is 0 Å². The van der Waals surface area contributed by atoms with E-state index in [0.717, 1.165) is 56.3 Å². The maximum Gasteiger partial charge on any atom is 0.137 e. The minimum absolute atomic E-state index is 0.131. The van der Waals surface area contributed by atoms with Crippen LogP contribution in [-0.4, -0.2) is 74.1 Å². The van der Waals surface area contributed by atoms with Gasteiger partial charge in [0.15, 0.2) is 0 Å². The van der Waals surface area contributed by atoms with E-state index in [1.165, 1.54) is 0 Å². The van der Waals surface area contributed by atoms with Crippen molar-refractivity contribution in [3.63, 3.8) is 0 Å². The van der Waals surface area contributed by atoms with Crippen LogP contribution in [0.2, 0.25) is 0 Å². The minimum atomic E-state index is -0.490. The summed E-state index contributed by atoms with van der Waals surface area (Å²) in [5, 5.41) is 10.3. The standard InChI is InChI=1S/C29H50O6S/c1-5-9-18-31-24(22-30)25-26(32-19-10-6-2)27(33-20-11-7-3)28(34-21-12-8-4)29(35-25)36-23-16-14-13-15-17-23/h13-17,24-30H,5-12,18-22H2,1-4H3/t24-,25?,26-,27?,28-,29-/m1/s1. The summed E-state index contributed by atoms with van der Waals surface area (Å²) in [7, 11) is 0. The van der Waals surface area contributed by atoms with E-state index in [0.29, 0.717) is 26.4 Å². The second-order valence-electron chi connectivity index (χ2n) is 9.41. The average Bonchev–Trinajstić information content (AvgIpc) is 2.90. The molecule has 0 aromatic heterocycles. The van der Waals surface area contributed by atoms with Crippen molar-refractivity contribution >= 4 is 11.8 Å². The summed E-state index contributed by atoms with van der Waals surface area (Å²) in [6.45, 7) is 11.0. The molecule has 1 saturated heterocycles. The van der Waals surface area contributed by atoms with Crippen molar-refractivity contribution < 1.29 is 28.8 Å². The third-order valence-electron chi connectivity index (χ3n) is 6.33. The molecular weight excluding hydrogens is 476 g/mol. The zero-order valence-electron chi connectivity index (χ0n) is 22.9. The summed E-state index contributed by atoms with van der Waals surface area (Å²) in [5.74, 6) is 0. The first-order chi connectivity index (χ1) is 17.7. The van der Waals surface area contributed by atoms with Gasteiger partial charge in [0.25, 0.3) is 0 Å². The van der Waals surface area contributed by atoms with Gasteiger partial charge >= 0.3 is 0 Å². The molecule has 7 heteroatoms. The number of unbranched alkanes of at least 4 members (excludes halogenated alkanes) is 4. The highest BCUT2D eigenvalue weighted by atomic mass is 32.2. The van der Waals surface area contributed by atoms with Crippen LogP contribution in [0.3, 0.4) is 0 Å².